The van der Waals surface area contributed by atoms with Gasteiger partial charge >= 0.3 is 11.9 Å². The van der Waals surface area contributed by atoms with Gasteiger partial charge in [0.2, 0.25) is 5.78 Å². The van der Waals surface area contributed by atoms with E-state index in [2.05, 4.69) is 0 Å². The number of aryl methyl sites for hydroxylation is 1. The molecule has 0 atom stereocenters. The van der Waals surface area contributed by atoms with Crippen molar-refractivity contribution in [1.82, 2.24) is 4.40 Å². The summed E-state index contributed by atoms with van der Waals surface area (Å²) in [5, 5.41) is 0. The van der Waals surface area contributed by atoms with Crippen LogP contribution in [0.4, 0.5) is 0 Å². The van der Waals surface area contributed by atoms with E-state index >= 15 is 0 Å². The Labute approximate surface area is 190 Å². The summed E-state index contributed by atoms with van der Waals surface area (Å²) in [6.07, 6.45) is 0.572. The summed E-state index contributed by atoms with van der Waals surface area (Å²) in [6.45, 7) is 1.86. The molecule has 33 heavy (non-hydrogen) atoms. The maximum absolute atomic E-state index is 13.7. The molecule has 4 aromatic rings. The van der Waals surface area contributed by atoms with E-state index in [4.69, 9.17) is 9.47 Å². The molecule has 0 N–H and O–H groups in total. The largest absolute Gasteiger partial charge is 0.465 e. The Hall–Kier alpha value is -4.19. The Bertz CT molecular complexity index is 1460. The third kappa shape index (κ3) is 2.98. The molecule has 2 aromatic heterocycles. The molecule has 0 bridgehead atoms. The minimum Gasteiger partial charge on any atom is -0.465 e. The first-order valence-corrected chi connectivity index (χ1v) is 10.5. The lowest BCUT2D eigenvalue weighted by Crippen LogP contribution is -2.15. The van der Waals surface area contributed by atoms with Gasteiger partial charge in [-0.15, -0.1) is 0 Å². The summed E-state index contributed by atoms with van der Waals surface area (Å²) < 4.78 is 11.8. The van der Waals surface area contributed by atoms with Crippen LogP contribution >= 0.6 is 0 Å². The molecule has 6 nitrogen and oxygen atoms in total. The van der Waals surface area contributed by atoms with E-state index in [1.807, 2.05) is 43.3 Å². The second-order valence-corrected chi connectivity index (χ2v) is 7.97. The molecule has 2 heterocycles. The summed E-state index contributed by atoms with van der Waals surface area (Å²) in [6, 6.07) is 18.7. The molecule has 1 aliphatic rings. The van der Waals surface area contributed by atoms with Crippen LogP contribution in [0.3, 0.4) is 0 Å². The molecule has 164 valence electrons. The van der Waals surface area contributed by atoms with E-state index in [1.54, 1.807) is 28.7 Å². The Kier molecular flexibility index (Phi) is 4.86. The van der Waals surface area contributed by atoms with Crippen molar-refractivity contribution in [1.29, 1.82) is 0 Å². The number of pyridine rings is 1. The zero-order valence-corrected chi connectivity index (χ0v) is 18.5. The maximum atomic E-state index is 13.7. The monoisotopic (exact) mass is 439 g/mol. The van der Waals surface area contributed by atoms with Crippen molar-refractivity contribution in [2.75, 3.05) is 14.2 Å². The molecule has 2 aromatic carbocycles. The molecular formula is C27H21NO5. The zero-order valence-electron chi connectivity index (χ0n) is 18.5. The minimum absolute atomic E-state index is 0.0522. The van der Waals surface area contributed by atoms with Gasteiger partial charge in [0.05, 0.1) is 19.7 Å². The van der Waals surface area contributed by atoms with Crippen LogP contribution in [0.2, 0.25) is 0 Å². The highest BCUT2D eigenvalue weighted by molar-refractivity contribution is 6.20. The molecule has 0 saturated carbocycles. The fourth-order valence-electron chi connectivity index (χ4n) is 4.79. The van der Waals surface area contributed by atoms with Gasteiger partial charge < -0.3 is 13.9 Å². The number of ether oxygens (including phenoxy) is 2. The van der Waals surface area contributed by atoms with Crippen molar-refractivity contribution in [2.24, 2.45) is 0 Å². The van der Waals surface area contributed by atoms with Crippen LogP contribution in [0.5, 0.6) is 0 Å². The Balaban J connectivity index is 1.95. The van der Waals surface area contributed by atoms with Gasteiger partial charge in [0.25, 0.3) is 0 Å². The molecule has 0 fully saturated rings. The third-order valence-electron chi connectivity index (χ3n) is 6.19. The highest BCUT2D eigenvalue weighted by atomic mass is 16.5. The van der Waals surface area contributed by atoms with E-state index in [1.165, 1.54) is 14.2 Å². The second-order valence-electron chi connectivity index (χ2n) is 7.97. The minimum atomic E-state index is -0.762. The summed E-state index contributed by atoms with van der Waals surface area (Å²) in [5.41, 5.74) is 5.75. The number of carbonyl (C=O) groups is 3. The van der Waals surface area contributed by atoms with Crippen LogP contribution in [-0.4, -0.2) is 36.3 Å². The quantitative estimate of drug-likeness (QED) is 0.302. The van der Waals surface area contributed by atoms with Crippen molar-refractivity contribution in [3.63, 3.8) is 0 Å². The zero-order chi connectivity index (χ0) is 23.3. The van der Waals surface area contributed by atoms with Gasteiger partial charge in [-0.1, -0.05) is 54.6 Å². The predicted octanol–water partition coefficient (Wildman–Crippen LogP) is 4.62. The van der Waals surface area contributed by atoms with Gasteiger partial charge in [0.15, 0.2) is 0 Å². The molecule has 0 radical (unpaired) electrons. The summed E-state index contributed by atoms with van der Waals surface area (Å²) >= 11 is 0. The first kappa shape index (κ1) is 20.7. The van der Waals surface area contributed by atoms with Crippen LogP contribution in [-0.2, 0) is 15.9 Å². The van der Waals surface area contributed by atoms with Crippen LogP contribution in [0.1, 0.15) is 53.6 Å². The van der Waals surface area contributed by atoms with Gasteiger partial charge in [0, 0.05) is 17.7 Å². The molecule has 0 spiro atoms. The predicted molar refractivity (Wildman–Crippen MR) is 123 cm³/mol. The lowest BCUT2D eigenvalue weighted by Gasteiger charge is -2.12. The summed E-state index contributed by atoms with van der Waals surface area (Å²) in [4.78, 5) is 39.8. The van der Waals surface area contributed by atoms with Crippen molar-refractivity contribution in [3.05, 3.63) is 99.9 Å². The van der Waals surface area contributed by atoms with Crippen LogP contribution in [0.15, 0.2) is 60.7 Å². The number of esters is 2. The topological polar surface area (TPSA) is 74.1 Å². The molecule has 1 aliphatic carbocycles. The number of hydrogen-bond donors (Lipinski definition) is 0. The van der Waals surface area contributed by atoms with Crippen LogP contribution in [0.25, 0.3) is 16.6 Å². The van der Waals surface area contributed by atoms with Gasteiger partial charge in [-0.05, 0) is 35.2 Å². The number of aromatic nitrogens is 1. The van der Waals surface area contributed by atoms with E-state index in [0.717, 1.165) is 27.9 Å². The van der Waals surface area contributed by atoms with Crippen molar-refractivity contribution in [2.45, 2.75) is 13.3 Å². The molecule has 0 saturated heterocycles. The highest BCUT2D eigenvalue weighted by Gasteiger charge is 2.36. The number of rotatable bonds is 4. The number of methoxy groups -OCH3 is 2. The van der Waals surface area contributed by atoms with Gasteiger partial charge in [-0.2, -0.15) is 0 Å². The normalized spacial score (nSPS) is 11.7. The lowest BCUT2D eigenvalue weighted by molar-refractivity contribution is 0.0556. The molecule has 0 amide bonds. The number of fused-ring (bicyclic) bond motifs is 5. The number of nitrogens with zero attached hydrogens (tertiary/aromatic N) is 1. The standard InChI is InChI=1S/C27H21NO5/c1-15-13-19-18-12-8-7-11-17(18)14-20(19)23-21(26(30)32-2)22(27(31)33-3)24(28(15)23)25(29)16-9-5-4-6-10-16/h4-13H,14H2,1-3H3. The molecule has 6 heteroatoms. The second kappa shape index (κ2) is 7.74. The van der Waals surface area contributed by atoms with Crippen molar-refractivity contribution in [3.8, 4) is 11.1 Å². The van der Waals surface area contributed by atoms with E-state index in [9.17, 15) is 14.4 Å². The lowest BCUT2D eigenvalue weighted by atomic mass is 10.0. The van der Waals surface area contributed by atoms with E-state index in [-0.39, 0.29) is 22.6 Å². The third-order valence-corrected chi connectivity index (χ3v) is 6.19. The Morgan fingerprint density at radius 3 is 2.15 bits per heavy atom. The van der Waals surface area contributed by atoms with Crippen molar-refractivity contribution >= 4 is 23.2 Å². The molecule has 0 aliphatic heterocycles. The number of carbonyl (C=O) groups excluding carboxylic acids is 3. The maximum Gasteiger partial charge on any atom is 0.341 e. The summed E-state index contributed by atoms with van der Waals surface area (Å²) in [7, 11) is 2.49. The summed E-state index contributed by atoms with van der Waals surface area (Å²) in [5.74, 6) is -1.83. The smallest absolute Gasteiger partial charge is 0.341 e. The fourth-order valence-corrected chi connectivity index (χ4v) is 4.79. The first-order chi connectivity index (χ1) is 16.0. The molecule has 0 unspecified atom stereocenters. The van der Waals surface area contributed by atoms with Crippen molar-refractivity contribution < 1.29 is 23.9 Å². The van der Waals surface area contributed by atoms with Gasteiger partial charge in [0.1, 0.15) is 16.8 Å². The highest BCUT2D eigenvalue weighted by Crippen LogP contribution is 2.42. The first-order valence-electron chi connectivity index (χ1n) is 10.5. The number of hydrogen-bond acceptors (Lipinski definition) is 5. The van der Waals surface area contributed by atoms with Crippen LogP contribution < -0.4 is 0 Å². The van der Waals surface area contributed by atoms with Gasteiger partial charge in [-0.25, -0.2) is 9.59 Å². The van der Waals surface area contributed by atoms with E-state index < -0.39 is 11.9 Å². The molecule has 5 rings (SSSR count). The molecular weight excluding hydrogens is 418 g/mol. The van der Waals surface area contributed by atoms with E-state index in [0.29, 0.717) is 17.5 Å². The fraction of sp³-hybridized carbons (Fsp3) is 0.148. The van der Waals surface area contributed by atoms with Crippen LogP contribution in [0, 0.1) is 6.92 Å². The SMILES string of the molecule is COC(=O)c1c(C(=O)OC)c2c3c(cc(C)n2c1C(=O)c1ccccc1)-c1ccccc1C3. The average molecular weight is 439 g/mol. The Morgan fingerprint density at radius 2 is 1.45 bits per heavy atom. The Morgan fingerprint density at radius 1 is 0.818 bits per heavy atom. The number of ketones is 1. The number of benzene rings is 2. The van der Waals surface area contributed by atoms with Gasteiger partial charge in [-0.3, -0.25) is 4.79 Å². The average Bonchev–Trinajstić information content (AvgIpc) is 3.40.